The van der Waals surface area contributed by atoms with Gasteiger partial charge in [-0.2, -0.15) is 0 Å². The van der Waals surface area contributed by atoms with Crippen LogP contribution in [0.1, 0.15) is 24.5 Å². The van der Waals surface area contributed by atoms with Gasteiger partial charge in [-0.1, -0.05) is 24.6 Å². The Labute approximate surface area is 138 Å². The average molecular weight is 370 g/mol. The molecule has 0 aliphatic heterocycles. The molecule has 0 spiro atoms. The van der Waals surface area contributed by atoms with Crippen LogP contribution in [0.4, 0.5) is 0 Å². The fraction of sp³-hybridized carbons (Fsp3) is 0.312. The molecule has 2 rings (SSSR count). The van der Waals surface area contributed by atoms with Crippen LogP contribution in [-0.4, -0.2) is 11.0 Å². The second-order valence-corrected chi connectivity index (χ2v) is 6.21. The van der Waals surface area contributed by atoms with Crippen LogP contribution in [0.2, 0.25) is 5.02 Å². The average Bonchev–Trinajstić information content (AvgIpc) is 2.47. The highest BCUT2D eigenvalue weighted by atomic mass is 79.9. The number of rotatable bonds is 6. The molecular weight excluding hydrogens is 352 g/mol. The second-order valence-electron chi connectivity index (χ2n) is 4.89. The summed E-state index contributed by atoms with van der Waals surface area (Å²) in [7, 11) is 0. The third-order valence-corrected chi connectivity index (χ3v) is 4.01. The van der Waals surface area contributed by atoms with Gasteiger partial charge in [0.15, 0.2) is 0 Å². The number of halogens is 2. The van der Waals surface area contributed by atoms with Crippen LogP contribution in [0.3, 0.4) is 0 Å². The fourth-order valence-corrected chi connectivity index (χ4v) is 2.63. The van der Waals surface area contributed by atoms with Crippen molar-refractivity contribution in [2.45, 2.75) is 32.4 Å². The number of hydrogen-bond donors (Lipinski definition) is 1. The Balaban J connectivity index is 2.14. The lowest BCUT2D eigenvalue weighted by Gasteiger charge is -2.16. The molecule has 0 fully saturated rings. The molecule has 21 heavy (non-hydrogen) atoms. The fourth-order valence-electron chi connectivity index (χ4n) is 1.97. The minimum atomic E-state index is 0.0831. The quantitative estimate of drug-likeness (QED) is 0.823. The largest absolute Gasteiger partial charge is 0.489 e. The maximum Gasteiger partial charge on any atom is 0.124 e. The van der Waals surface area contributed by atoms with E-state index in [2.05, 4.69) is 27.8 Å². The van der Waals surface area contributed by atoms with E-state index in [1.54, 1.807) is 12.4 Å². The van der Waals surface area contributed by atoms with E-state index in [0.717, 1.165) is 27.8 Å². The number of aromatic nitrogens is 1. The van der Waals surface area contributed by atoms with Crippen molar-refractivity contribution >= 4 is 27.5 Å². The summed E-state index contributed by atoms with van der Waals surface area (Å²) in [5.74, 6) is 0.784. The Bertz CT molecular complexity index is 607. The van der Waals surface area contributed by atoms with Crippen LogP contribution in [0.5, 0.6) is 5.75 Å². The standard InChI is InChI=1S/C16H18BrClN2O/c1-2-13(19)7-14-15(18)4-3-5-16(14)21-10-11-6-12(17)9-20-8-11/h3-6,8-9,13H,2,7,10,19H2,1H3. The number of benzene rings is 1. The van der Waals surface area contributed by atoms with Gasteiger partial charge in [-0.15, -0.1) is 0 Å². The van der Waals surface area contributed by atoms with Gasteiger partial charge in [-0.25, -0.2) is 0 Å². The van der Waals surface area contributed by atoms with Crippen molar-refractivity contribution in [1.82, 2.24) is 4.98 Å². The SMILES string of the molecule is CCC(N)Cc1c(Cl)cccc1OCc1cncc(Br)c1. The zero-order valence-corrected chi connectivity index (χ0v) is 14.2. The summed E-state index contributed by atoms with van der Waals surface area (Å²) < 4.78 is 6.84. The predicted molar refractivity (Wildman–Crippen MR) is 89.7 cm³/mol. The maximum atomic E-state index is 6.28. The summed E-state index contributed by atoms with van der Waals surface area (Å²) in [4.78, 5) is 4.13. The third-order valence-electron chi connectivity index (χ3n) is 3.22. The molecule has 0 bridgehead atoms. The van der Waals surface area contributed by atoms with Gasteiger partial charge < -0.3 is 10.5 Å². The lowest BCUT2D eigenvalue weighted by Crippen LogP contribution is -2.22. The van der Waals surface area contributed by atoms with E-state index in [1.165, 1.54) is 0 Å². The number of ether oxygens (including phenoxy) is 1. The van der Waals surface area contributed by atoms with Gasteiger partial charge in [0.2, 0.25) is 0 Å². The second kappa shape index (κ2) is 7.78. The van der Waals surface area contributed by atoms with Crippen molar-refractivity contribution in [3.8, 4) is 5.75 Å². The van der Waals surface area contributed by atoms with E-state index in [1.807, 2.05) is 24.3 Å². The van der Waals surface area contributed by atoms with Gasteiger partial charge in [0.25, 0.3) is 0 Å². The molecule has 112 valence electrons. The van der Waals surface area contributed by atoms with Crippen LogP contribution in [0.25, 0.3) is 0 Å². The van der Waals surface area contributed by atoms with Crippen molar-refractivity contribution < 1.29 is 4.74 Å². The Kier molecular flexibility index (Phi) is 6.03. The smallest absolute Gasteiger partial charge is 0.124 e. The predicted octanol–water partition coefficient (Wildman–Crippen LogP) is 4.36. The van der Waals surface area contributed by atoms with E-state index >= 15 is 0 Å². The number of nitrogens with zero attached hydrogens (tertiary/aromatic N) is 1. The summed E-state index contributed by atoms with van der Waals surface area (Å²) in [5.41, 5.74) is 8.00. The Hall–Kier alpha value is -1.10. The number of nitrogens with two attached hydrogens (primary N) is 1. The summed E-state index contributed by atoms with van der Waals surface area (Å²) in [6.45, 7) is 2.51. The third kappa shape index (κ3) is 4.70. The molecule has 3 nitrogen and oxygen atoms in total. The van der Waals surface area contributed by atoms with Gasteiger partial charge in [0.1, 0.15) is 12.4 Å². The normalized spacial score (nSPS) is 12.2. The first kappa shape index (κ1) is 16.3. The lowest BCUT2D eigenvalue weighted by molar-refractivity contribution is 0.301. The molecule has 1 unspecified atom stereocenters. The molecule has 0 aliphatic carbocycles. The summed E-state index contributed by atoms with van der Waals surface area (Å²) >= 11 is 9.68. The molecule has 1 atom stereocenters. The van der Waals surface area contributed by atoms with E-state index in [0.29, 0.717) is 18.1 Å². The highest BCUT2D eigenvalue weighted by molar-refractivity contribution is 9.10. The van der Waals surface area contributed by atoms with Crippen LogP contribution >= 0.6 is 27.5 Å². The summed E-state index contributed by atoms with van der Waals surface area (Å²) in [5, 5.41) is 0.698. The molecule has 0 amide bonds. The number of pyridine rings is 1. The van der Waals surface area contributed by atoms with Crippen molar-refractivity contribution in [3.05, 3.63) is 57.3 Å². The first-order valence-corrected chi connectivity index (χ1v) is 8.02. The van der Waals surface area contributed by atoms with Gasteiger partial charge >= 0.3 is 0 Å². The van der Waals surface area contributed by atoms with Crippen molar-refractivity contribution in [3.63, 3.8) is 0 Å². The molecule has 2 aromatic rings. The molecule has 0 radical (unpaired) electrons. The molecule has 2 N–H and O–H groups in total. The molecule has 0 aliphatic rings. The van der Waals surface area contributed by atoms with Crippen molar-refractivity contribution in [1.29, 1.82) is 0 Å². The van der Waals surface area contributed by atoms with Crippen LogP contribution in [0.15, 0.2) is 41.1 Å². The van der Waals surface area contributed by atoms with E-state index in [-0.39, 0.29) is 6.04 Å². The minimum Gasteiger partial charge on any atom is -0.489 e. The molecule has 0 saturated carbocycles. The van der Waals surface area contributed by atoms with Crippen LogP contribution in [0, 0.1) is 0 Å². The highest BCUT2D eigenvalue weighted by Crippen LogP contribution is 2.28. The highest BCUT2D eigenvalue weighted by Gasteiger charge is 2.12. The molecule has 0 saturated heterocycles. The van der Waals surface area contributed by atoms with Crippen LogP contribution in [-0.2, 0) is 13.0 Å². The molecule has 1 aromatic heterocycles. The van der Waals surface area contributed by atoms with Crippen LogP contribution < -0.4 is 10.5 Å². The van der Waals surface area contributed by atoms with Crippen molar-refractivity contribution in [2.75, 3.05) is 0 Å². The van der Waals surface area contributed by atoms with E-state index < -0.39 is 0 Å². The van der Waals surface area contributed by atoms with Gasteiger partial charge in [0.05, 0.1) is 0 Å². The Morgan fingerprint density at radius 1 is 1.38 bits per heavy atom. The zero-order chi connectivity index (χ0) is 15.2. The van der Waals surface area contributed by atoms with Crippen molar-refractivity contribution in [2.24, 2.45) is 5.73 Å². The number of hydrogen-bond acceptors (Lipinski definition) is 3. The lowest BCUT2D eigenvalue weighted by atomic mass is 10.0. The Morgan fingerprint density at radius 3 is 2.90 bits per heavy atom. The van der Waals surface area contributed by atoms with Gasteiger partial charge in [-0.05, 0) is 47.0 Å². The molecule has 1 heterocycles. The zero-order valence-electron chi connectivity index (χ0n) is 11.9. The first-order valence-electron chi connectivity index (χ1n) is 6.85. The van der Waals surface area contributed by atoms with E-state index in [4.69, 9.17) is 22.1 Å². The first-order chi connectivity index (χ1) is 10.1. The van der Waals surface area contributed by atoms with Gasteiger partial charge in [0, 0.05) is 39.1 Å². The topological polar surface area (TPSA) is 48.1 Å². The molecule has 5 heteroatoms. The van der Waals surface area contributed by atoms with E-state index in [9.17, 15) is 0 Å². The Morgan fingerprint density at radius 2 is 2.19 bits per heavy atom. The minimum absolute atomic E-state index is 0.0831. The molecule has 1 aromatic carbocycles. The van der Waals surface area contributed by atoms with Gasteiger partial charge in [-0.3, -0.25) is 4.98 Å². The summed E-state index contributed by atoms with van der Waals surface area (Å²) in [6.07, 6.45) is 5.14. The maximum absolute atomic E-state index is 6.28. The summed E-state index contributed by atoms with van der Waals surface area (Å²) in [6, 6.07) is 7.74. The molecular formula is C16H18BrClN2O. The monoisotopic (exact) mass is 368 g/mol.